The van der Waals surface area contributed by atoms with Gasteiger partial charge in [0.1, 0.15) is 16.5 Å². The first-order valence-corrected chi connectivity index (χ1v) is 13.3. The molecule has 0 aliphatic carbocycles. The Morgan fingerprint density at radius 1 is 1.14 bits per heavy atom. The SMILES string of the molecule is CCOc1cc(/C=C(\C#N)C(=O)Nc2ccccc2C(=O)O)cc(I)c1OS(=O)(=O)c1ccc(C)cc1. The van der Waals surface area contributed by atoms with Crippen molar-refractivity contribution in [3.8, 4) is 17.6 Å². The number of hydrogen-bond donors (Lipinski definition) is 2. The Labute approximate surface area is 227 Å². The lowest BCUT2D eigenvalue weighted by atomic mass is 10.1. The normalized spacial score (nSPS) is 11.4. The summed E-state index contributed by atoms with van der Waals surface area (Å²) >= 11 is 1.87. The zero-order chi connectivity index (χ0) is 27.2. The summed E-state index contributed by atoms with van der Waals surface area (Å²) in [6.45, 7) is 3.74. The van der Waals surface area contributed by atoms with Gasteiger partial charge in [0.2, 0.25) is 0 Å². The summed E-state index contributed by atoms with van der Waals surface area (Å²) in [6.07, 6.45) is 1.28. The van der Waals surface area contributed by atoms with Crippen LogP contribution in [0.25, 0.3) is 6.08 Å². The summed E-state index contributed by atoms with van der Waals surface area (Å²) in [7, 11) is -4.16. The number of rotatable bonds is 9. The highest BCUT2D eigenvalue weighted by atomic mass is 127. The molecule has 0 fully saturated rings. The summed E-state index contributed by atoms with van der Waals surface area (Å²) in [5, 5.41) is 21.3. The average molecular weight is 632 g/mol. The second-order valence-electron chi connectivity index (χ2n) is 7.59. The fourth-order valence-electron chi connectivity index (χ4n) is 3.16. The molecule has 1 amide bonds. The van der Waals surface area contributed by atoms with Gasteiger partial charge in [-0.25, -0.2) is 4.79 Å². The van der Waals surface area contributed by atoms with Gasteiger partial charge in [0, 0.05) is 0 Å². The summed E-state index contributed by atoms with van der Waals surface area (Å²) in [6, 6.07) is 16.8. The van der Waals surface area contributed by atoms with E-state index in [0.717, 1.165) is 5.56 Å². The number of hydrogen-bond acceptors (Lipinski definition) is 7. The van der Waals surface area contributed by atoms with Crippen molar-refractivity contribution < 1.29 is 32.0 Å². The maximum atomic E-state index is 12.8. The number of nitriles is 1. The van der Waals surface area contributed by atoms with Crippen LogP contribution in [0.4, 0.5) is 5.69 Å². The van der Waals surface area contributed by atoms with Gasteiger partial charge >= 0.3 is 16.1 Å². The number of nitrogens with one attached hydrogen (secondary N) is 1. The number of amides is 1. The number of para-hydroxylation sites is 1. The van der Waals surface area contributed by atoms with E-state index in [4.69, 9.17) is 8.92 Å². The van der Waals surface area contributed by atoms with Crippen molar-refractivity contribution in [2.24, 2.45) is 0 Å². The predicted octanol–water partition coefficient (Wildman–Crippen LogP) is 5.01. The highest BCUT2D eigenvalue weighted by Gasteiger charge is 2.23. The number of carboxylic acids is 1. The minimum atomic E-state index is -4.16. The van der Waals surface area contributed by atoms with Crippen molar-refractivity contribution in [1.82, 2.24) is 0 Å². The van der Waals surface area contributed by atoms with Crippen LogP contribution in [0.15, 0.2) is 71.1 Å². The number of nitrogens with zero attached hydrogens (tertiary/aromatic N) is 1. The number of aryl methyl sites for hydroxylation is 1. The van der Waals surface area contributed by atoms with Crippen LogP contribution in [0.1, 0.15) is 28.4 Å². The third-order valence-electron chi connectivity index (χ3n) is 4.92. The molecule has 9 nitrogen and oxygen atoms in total. The van der Waals surface area contributed by atoms with E-state index in [-0.39, 0.29) is 39.8 Å². The molecule has 0 aliphatic heterocycles. The minimum absolute atomic E-state index is 0.0228. The van der Waals surface area contributed by atoms with E-state index in [1.165, 1.54) is 48.5 Å². The highest BCUT2D eigenvalue weighted by Crippen LogP contribution is 2.37. The molecule has 3 aromatic carbocycles. The van der Waals surface area contributed by atoms with Gasteiger partial charge in [-0.3, -0.25) is 4.79 Å². The molecule has 0 aliphatic rings. The topological polar surface area (TPSA) is 143 Å². The first-order chi connectivity index (χ1) is 17.6. The molecule has 37 heavy (non-hydrogen) atoms. The number of carbonyl (C=O) groups excluding carboxylic acids is 1. The number of benzene rings is 3. The predicted molar refractivity (Wildman–Crippen MR) is 145 cm³/mol. The Hall–Kier alpha value is -3.89. The lowest BCUT2D eigenvalue weighted by Gasteiger charge is -2.15. The molecule has 0 bridgehead atoms. The van der Waals surface area contributed by atoms with Crippen molar-refractivity contribution in [2.45, 2.75) is 18.7 Å². The zero-order valence-corrected chi connectivity index (χ0v) is 22.7. The van der Waals surface area contributed by atoms with Crippen LogP contribution in [0.2, 0.25) is 0 Å². The van der Waals surface area contributed by atoms with Crippen molar-refractivity contribution in [1.29, 1.82) is 5.26 Å². The van der Waals surface area contributed by atoms with Gasteiger partial charge < -0.3 is 19.3 Å². The van der Waals surface area contributed by atoms with Gasteiger partial charge in [-0.1, -0.05) is 29.8 Å². The molecular weight excluding hydrogens is 611 g/mol. The van der Waals surface area contributed by atoms with E-state index in [0.29, 0.717) is 9.13 Å². The molecular formula is C26H21IN2O7S. The molecule has 3 aromatic rings. The maximum absolute atomic E-state index is 12.8. The number of anilines is 1. The van der Waals surface area contributed by atoms with Crippen LogP contribution >= 0.6 is 22.6 Å². The van der Waals surface area contributed by atoms with E-state index in [9.17, 15) is 28.4 Å². The zero-order valence-electron chi connectivity index (χ0n) is 19.7. The van der Waals surface area contributed by atoms with Crippen LogP contribution in [0.5, 0.6) is 11.5 Å². The van der Waals surface area contributed by atoms with Gasteiger partial charge in [-0.15, -0.1) is 0 Å². The molecule has 2 N–H and O–H groups in total. The Bertz CT molecular complexity index is 1530. The Morgan fingerprint density at radius 2 is 1.81 bits per heavy atom. The molecule has 3 rings (SSSR count). The summed E-state index contributed by atoms with van der Waals surface area (Å²) < 4.78 is 37.0. The van der Waals surface area contributed by atoms with Crippen LogP contribution < -0.4 is 14.2 Å². The molecule has 11 heteroatoms. The van der Waals surface area contributed by atoms with Crippen LogP contribution in [0.3, 0.4) is 0 Å². The van der Waals surface area contributed by atoms with Crippen molar-refractivity contribution >= 4 is 56.3 Å². The maximum Gasteiger partial charge on any atom is 0.339 e. The van der Waals surface area contributed by atoms with Gasteiger partial charge in [0.05, 0.1) is 21.4 Å². The van der Waals surface area contributed by atoms with E-state index in [2.05, 4.69) is 5.32 Å². The summed E-state index contributed by atoms with van der Waals surface area (Å²) in [4.78, 5) is 24.1. The molecule has 0 atom stereocenters. The molecule has 0 saturated carbocycles. The molecule has 0 aromatic heterocycles. The second kappa shape index (κ2) is 11.9. The highest BCUT2D eigenvalue weighted by molar-refractivity contribution is 14.1. The number of carbonyl (C=O) groups is 2. The van der Waals surface area contributed by atoms with E-state index >= 15 is 0 Å². The quantitative estimate of drug-likeness (QED) is 0.145. The number of halogens is 1. The molecule has 0 unspecified atom stereocenters. The largest absolute Gasteiger partial charge is 0.490 e. The molecule has 190 valence electrons. The van der Waals surface area contributed by atoms with Crippen LogP contribution in [-0.2, 0) is 14.9 Å². The van der Waals surface area contributed by atoms with Crippen LogP contribution in [0, 0.1) is 21.8 Å². The first-order valence-electron chi connectivity index (χ1n) is 10.8. The minimum Gasteiger partial charge on any atom is -0.490 e. The number of aromatic carboxylic acids is 1. The van der Waals surface area contributed by atoms with Gasteiger partial charge in [0.15, 0.2) is 11.5 Å². The third kappa shape index (κ3) is 6.87. The number of ether oxygens (including phenoxy) is 1. The fourth-order valence-corrected chi connectivity index (χ4v) is 5.00. The lowest BCUT2D eigenvalue weighted by molar-refractivity contribution is -0.112. The molecule has 0 radical (unpaired) electrons. The molecule has 0 spiro atoms. The smallest absolute Gasteiger partial charge is 0.339 e. The van der Waals surface area contributed by atoms with E-state index < -0.39 is 22.0 Å². The number of carboxylic acid groups (broad SMARTS) is 1. The van der Waals surface area contributed by atoms with Crippen molar-refractivity contribution in [3.63, 3.8) is 0 Å². The Kier molecular flexibility index (Phi) is 8.90. The Morgan fingerprint density at radius 3 is 2.43 bits per heavy atom. The average Bonchev–Trinajstić information content (AvgIpc) is 2.85. The second-order valence-corrected chi connectivity index (χ2v) is 10.3. The monoisotopic (exact) mass is 632 g/mol. The molecule has 0 heterocycles. The van der Waals surface area contributed by atoms with Crippen LogP contribution in [-0.4, -0.2) is 32.0 Å². The molecule has 0 saturated heterocycles. The van der Waals surface area contributed by atoms with E-state index in [1.807, 2.05) is 29.5 Å². The standard InChI is InChI=1S/C26H21IN2O7S/c1-3-35-23-14-17(12-18(15-28)25(30)29-22-7-5-4-6-20(22)26(31)32)13-21(27)24(23)36-37(33,34)19-10-8-16(2)9-11-19/h4-14H,3H2,1-2H3,(H,29,30)(H,31,32)/b18-12+. The van der Waals surface area contributed by atoms with Gasteiger partial charge in [0.25, 0.3) is 5.91 Å². The summed E-state index contributed by atoms with van der Waals surface area (Å²) in [5.74, 6) is -1.97. The first kappa shape index (κ1) is 27.7. The van der Waals surface area contributed by atoms with Gasteiger partial charge in [-0.2, -0.15) is 13.7 Å². The van der Waals surface area contributed by atoms with Gasteiger partial charge in [-0.05, 0) is 84.5 Å². The summed E-state index contributed by atoms with van der Waals surface area (Å²) in [5.41, 5.74) is 0.863. The Balaban J connectivity index is 1.95. The fraction of sp³-hybridized carbons (Fsp3) is 0.115. The third-order valence-corrected chi connectivity index (χ3v) is 6.95. The van der Waals surface area contributed by atoms with E-state index in [1.54, 1.807) is 31.2 Å². The lowest BCUT2D eigenvalue weighted by Crippen LogP contribution is -2.16. The van der Waals surface area contributed by atoms with Crippen molar-refractivity contribution in [2.75, 3.05) is 11.9 Å². The van der Waals surface area contributed by atoms with Crippen molar-refractivity contribution in [3.05, 3.63) is 86.5 Å².